The van der Waals surface area contributed by atoms with Gasteiger partial charge in [0.1, 0.15) is 0 Å². The first-order chi connectivity index (χ1) is 21.2. The standard InChI is InChI=1S/C30H40O13Si/c1-32-16-13-17(33-2)23(39-8)28(22(16)38-7)44(31,29-24(40-9)18(34-3)14-19(35-4)25(29)41-10)30-26(42-11)20(36-5)15-21(37-6)27(30)43-12/h13-15,31H,1-12H3. The third-order valence-electron chi connectivity index (χ3n) is 7.12. The molecule has 0 aromatic heterocycles. The van der Waals surface area contributed by atoms with Crippen LogP contribution in [-0.4, -0.2) is 98.4 Å². The minimum absolute atomic E-state index is 0.121. The number of methoxy groups -OCH3 is 12. The van der Waals surface area contributed by atoms with E-state index < -0.39 is 8.32 Å². The molecule has 0 aliphatic heterocycles. The maximum Gasteiger partial charge on any atom is 0.309 e. The van der Waals surface area contributed by atoms with Crippen molar-refractivity contribution in [2.24, 2.45) is 0 Å². The lowest BCUT2D eigenvalue weighted by molar-refractivity contribution is 0.327. The van der Waals surface area contributed by atoms with Gasteiger partial charge in [-0.2, -0.15) is 0 Å². The fourth-order valence-corrected chi connectivity index (χ4v) is 9.36. The molecule has 13 nitrogen and oxygen atoms in total. The summed E-state index contributed by atoms with van der Waals surface area (Å²) in [4.78, 5) is 13.9. The van der Waals surface area contributed by atoms with E-state index in [-0.39, 0.29) is 84.6 Å². The van der Waals surface area contributed by atoms with E-state index >= 15 is 0 Å². The van der Waals surface area contributed by atoms with E-state index in [0.29, 0.717) is 0 Å². The van der Waals surface area contributed by atoms with Crippen molar-refractivity contribution in [1.82, 2.24) is 0 Å². The summed E-state index contributed by atoms with van der Waals surface area (Å²) in [5.41, 5.74) is 0. The predicted octanol–water partition coefficient (Wildman–Crippen LogP) is 1.75. The molecule has 0 saturated heterocycles. The van der Waals surface area contributed by atoms with Gasteiger partial charge in [-0.3, -0.25) is 0 Å². The Morgan fingerprint density at radius 1 is 0.318 bits per heavy atom. The van der Waals surface area contributed by atoms with Crippen molar-refractivity contribution in [3.05, 3.63) is 18.2 Å². The van der Waals surface area contributed by atoms with Crippen LogP contribution in [0.25, 0.3) is 0 Å². The third kappa shape index (κ3) is 5.24. The lowest BCUT2D eigenvalue weighted by Gasteiger charge is -2.35. The topological polar surface area (TPSA) is 131 Å². The van der Waals surface area contributed by atoms with Crippen molar-refractivity contribution in [3.63, 3.8) is 0 Å². The summed E-state index contributed by atoms with van der Waals surface area (Å²) >= 11 is 0. The molecular weight excluding hydrogens is 596 g/mol. The maximum absolute atomic E-state index is 13.9. The molecule has 0 amide bonds. The van der Waals surface area contributed by atoms with Gasteiger partial charge in [0.15, 0.2) is 69.0 Å². The van der Waals surface area contributed by atoms with Gasteiger partial charge in [0.05, 0.1) is 101 Å². The van der Waals surface area contributed by atoms with Crippen molar-refractivity contribution in [1.29, 1.82) is 0 Å². The molecule has 0 bridgehead atoms. The van der Waals surface area contributed by atoms with Gasteiger partial charge in [-0.15, -0.1) is 0 Å². The number of hydrogen-bond donors (Lipinski definition) is 1. The van der Waals surface area contributed by atoms with E-state index in [1.54, 1.807) is 18.2 Å². The summed E-state index contributed by atoms with van der Waals surface area (Å²) in [5, 5.41) is 0.368. The minimum atomic E-state index is -4.79. The zero-order chi connectivity index (χ0) is 32.8. The highest BCUT2D eigenvalue weighted by molar-refractivity contribution is 7.09. The highest BCUT2D eigenvalue weighted by atomic mass is 28.4. The maximum atomic E-state index is 13.9. The summed E-state index contributed by atoms with van der Waals surface area (Å²) < 4.78 is 70.0. The van der Waals surface area contributed by atoms with E-state index in [0.717, 1.165) is 0 Å². The van der Waals surface area contributed by atoms with Crippen LogP contribution in [0.15, 0.2) is 18.2 Å². The largest absolute Gasteiger partial charge is 0.493 e. The molecule has 0 saturated carbocycles. The van der Waals surface area contributed by atoms with E-state index in [1.807, 2.05) is 0 Å². The van der Waals surface area contributed by atoms with Crippen LogP contribution >= 0.6 is 0 Å². The van der Waals surface area contributed by atoms with Gasteiger partial charge < -0.3 is 61.6 Å². The summed E-state index contributed by atoms with van der Waals surface area (Å²) in [7, 11) is 12.6. The average Bonchev–Trinajstić information content (AvgIpc) is 3.07. The summed E-state index contributed by atoms with van der Waals surface area (Å²) in [5.74, 6) is 2.10. The molecule has 0 unspecified atom stereocenters. The molecule has 44 heavy (non-hydrogen) atoms. The molecule has 3 aromatic carbocycles. The van der Waals surface area contributed by atoms with Crippen molar-refractivity contribution < 1.29 is 61.6 Å². The molecule has 0 heterocycles. The average molecular weight is 637 g/mol. The zero-order valence-corrected chi connectivity index (χ0v) is 28.1. The molecule has 14 heteroatoms. The molecule has 0 fully saturated rings. The number of hydrogen-bond acceptors (Lipinski definition) is 13. The number of ether oxygens (including phenoxy) is 12. The highest BCUT2D eigenvalue weighted by Crippen LogP contribution is 2.47. The normalized spacial score (nSPS) is 10.8. The summed E-state index contributed by atoms with van der Waals surface area (Å²) in [6.45, 7) is 0. The van der Waals surface area contributed by atoms with Crippen LogP contribution in [0, 0.1) is 0 Å². The van der Waals surface area contributed by atoms with Crippen molar-refractivity contribution >= 4 is 23.9 Å². The Balaban J connectivity index is 2.96. The number of benzene rings is 3. The third-order valence-corrected chi connectivity index (χ3v) is 10.7. The van der Waals surface area contributed by atoms with E-state index in [1.165, 1.54) is 85.3 Å². The second kappa shape index (κ2) is 14.3. The van der Waals surface area contributed by atoms with Crippen molar-refractivity contribution in [2.45, 2.75) is 0 Å². The summed E-state index contributed by atoms with van der Waals surface area (Å²) in [6.07, 6.45) is 0. The molecule has 3 rings (SSSR count). The molecule has 0 aliphatic carbocycles. The first kappa shape index (κ1) is 33.9. The fraction of sp³-hybridized carbons (Fsp3) is 0.400. The number of rotatable bonds is 15. The van der Waals surface area contributed by atoms with Gasteiger partial charge in [0.25, 0.3) is 0 Å². The molecule has 0 aliphatic rings. The second-order valence-electron chi connectivity index (χ2n) is 8.88. The zero-order valence-electron chi connectivity index (χ0n) is 27.1. The Hall–Kier alpha value is -4.56. The minimum Gasteiger partial charge on any atom is -0.493 e. The molecule has 0 atom stereocenters. The van der Waals surface area contributed by atoms with E-state index in [2.05, 4.69) is 0 Å². The van der Waals surface area contributed by atoms with Crippen LogP contribution in [0.3, 0.4) is 0 Å². The van der Waals surface area contributed by atoms with Crippen molar-refractivity contribution in [2.75, 3.05) is 85.3 Å². The van der Waals surface area contributed by atoms with Gasteiger partial charge in [-0.1, -0.05) is 0 Å². The Morgan fingerprint density at radius 2 is 0.477 bits per heavy atom. The SMILES string of the molecule is COc1cc(OC)c(OC)c([Si](O)(c2c(OC)c(OC)cc(OC)c2OC)c2c(OC)c(OC)cc(OC)c2OC)c1OC. The van der Waals surface area contributed by atoms with E-state index in [9.17, 15) is 4.80 Å². The van der Waals surface area contributed by atoms with Crippen molar-refractivity contribution in [3.8, 4) is 69.0 Å². The molecule has 1 N–H and O–H groups in total. The predicted molar refractivity (Wildman–Crippen MR) is 165 cm³/mol. The van der Waals surface area contributed by atoms with Gasteiger partial charge >= 0.3 is 8.32 Å². The Kier molecular flexibility index (Phi) is 11.0. The lowest BCUT2D eigenvalue weighted by atomic mass is 10.2. The lowest BCUT2D eigenvalue weighted by Crippen LogP contribution is -2.69. The van der Waals surface area contributed by atoms with Gasteiger partial charge in [0.2, 0.25) is 0 Å². The van der Waals surface area contributed by atoms with Crippen LogP contribution in [0.5, 0.6) is 69.0 Å². The molecule has 0 spiro atoms. The van der Waals surface area contributed by atoms with Crippen LogP contribution in [-0.2, 0) is 0 Å². The second-order valence-corrected chi connectivity index (χ2v) is 11.8. The first-order valence-corrected chi connectivity index (χ1v) is 15.0. The highest BCUT2D eigenvalue weighted by Gasteiger charge is 2.55. The summed E-state index contributed by atoms with van der Waals surface area (Å²) in [6, 6.07) is 4.74. The molecule has 3 aromatic rings. The Labute approximate surface area is 258 Å². The van der Waals surface area contributed by atoms with Crippen LogP contribution in [0.1, 0.15) is 0 Å². The van der Waals surface area contributed by atoms with Gasteiger partial charge in [-0.25, -0.2) is 0 Å². The first-order valence-electron chi connectivity index (χ1n) is 13.1. The monoisotopic (exact) mass is 636 g/mol. The fourth-order valence-electron chi connectivity index (χ4n) is 5.29. The Bertz CT molecular complexity index is 1210. The van der Waals surface area contributed by atoms with Crippen LogP contribution < -0.4 is 72.4 Å². The smallest absolute Gasteiger partial charge is 0.309 e. The van der Waals surface area contributed by atoms with Crippen LogP contribution in [0.4, 0.5) is 0 Å². The Morgan fingerprint density at radius 3 is 0.591 bits per heavy atom. The van der Waals surface area contributed by atoms with Gasteiger partial charge in [-0.05, 0) is 0 Å². The van der Waals surface area contributed by atoms with Crippen LogP contribution in [0.2, 0.25) is 0 Å². The molecular formula is C30H40O13Si. The van der Waals surface area contributed by atoms with Gasteiger partial charge in [0, 0.05) is 18.2 Å². The molecule has 242 valence electrons. The quantitative estimate of drug-likeness (QED) is 0.192. The van der Waals surface area contributed by atoms with E-state index in [4.69, 9.17) is 56.8 Å². The molecule has 0 radical (unpaired) electrons.